The first kappa shape index (κ1) is 11.3. The minimum atomic E-state index is 0.225. The van der Waals surface area contributed by atoms with Crippen molar-refractivity contribution < 1.29 is 9.94 Å². The molecule has 0 amide bonds. The van der Waals surface area contributed by atoms with Gasteiger partial charge >= 0.3 is 0 Å². The van der Waals surface area contributed by atoms with Crippen molar-refractivity contribution in [1.29, 1.82) is 0 Å². The molecular weight excluding hydrogens is 226 g/mol. The molecule has 5 nitrogen and oxygen atoms in total. The normalized spacial score (nSPS) is 26.5. The summed E-state index contributed by atoms with van der Waals surface area (Å²) in [6.45, 7) is 5.83. The number of nitrogens with zero attached hydrogens (tertiary/aromatic N) is 3. The van der Waals surface area contributed by atoms with Gasteiger partial charge in [-0.2, -0.15) is 0 Å². The molecule has 2 atom stereocenters. The van der Waals surface area contributed by atoms with E-state index in [0.29, 0.717) is 0 Å². The Bertz CT molecular complexity index is 370. The predicted molar refractivity (Wildman–Crippen MR) is 63.7 cm³/mol. The Kier molecular flexibility index (Phi) is 3.40. The third kappa shape index (κ3) is 2.51. The summed E-state index contributed by atoms with van der Waals surface area (Å²) in [5, 5.41) is 12.4. The van der Waals surface area contributed by atoms with Crippen molar-refractivity contribution in [3.63, 3.8) is 0 Å². The zero-order chi connectivity index (χ0) is 11.5. The van der Waals surface area contributed by atoms with Crippen molar-refractivity contribution in [1.82, 2.24) is 4.98 Å². The van der Waals surface area contributed by atoms with Gasteiger partial charge in [0.1, 0.15) is 0 Å². The maximum Gasteiger partial charge on any atom is 0.186 e. The van der Waals surface area contributed by atoms with Crippen LogP contribution in [0.15, 0.2) is 11.4 Å². The van der Waals surface area contributed by atoms with Crippen molar-refractivity contribution in [3.05, 3.63) is 11.1 Å². The minimum Gasteiger partial charge on any atom is -0.411 e. The topological polar surface area (TPSA) is 58.0 Å². The molecule has 0 radical (unpaired) electrons. The van der Waals surface area contributed by atoms with Crippen LogP contribution in [0.5, 0.6) is 0 Å². The Hall–Kier alpha value is -1.14. The fourth-order valence-corrected chi connectivity index (χ4v) is 2.67. The van der Waals surface area contributed by atoms with Gasteiger partial charge in [0.15, 0.2) is 5.13 Å². The van der Waals surface area contributed by atoms with Crippen LogP contribution in [0.1, 0.15) is 18.7 Å². The zero-order valence-electron chi connectivity index (χ0n) is 9.33. The van der Waals surface area contributed by atoms with Crippen LogP contribution in [0.2, 0.25) is 0 Å². The molecule has 0 aromatic carbocycles. The highest BCUT2D eigenvalue weighted by Gasteiger charge is 2.23. The van der Waals surface area contributed by atoms with Gasteiger partial charge in [-0.1, -0.05) is 16.5 Å². The molecule has 1 N–H and O–H groups in total. The first-order valence-electron chi connectivity index (χ1n) is 5.22. The number of oxime groups is 1. The number of aromatic nitrogens is 1. The number of thiazole rings is 1. The van der Waals surface area contributed by atoms with Gasteiger partial charge in [0.2, 0.25) is 0 Å². The molecule has 1 aliphatic rings. The molecule has 1 fully saturated rings. The minimum absolute atomic E-state index is 0.225. The molecule has 1 saturated heterocycles. The molecule has 1 aliphatic heterocycles. The van der Waals surface area contributed by atoms with Crippen molar-refractivity contribution in [2.45, 2.75) is 26.1 Å². The highest BCUT2D eigenvalue weighted by atomic mass is 32.1. The lowest BCUT2D eigenvalue weighted by Gasteiger charge is -2.35. The summed E-state index contributed by atoms with van der Waals surface area (Å²) in [6, 6.07) is 0. The van der Waals surface area contributed by atoms with Gasteiger partial charge in [0, 0.05) is 19.3 Å². The number of hydrogen-bond donors (Lipinski definition) is 1. The highest BCUT2D eigenvalue weighted by Crippen LogP contribution is 2.24. The van der Waals surface area contributed by atoms with Crippen LogP contribution in [-0.2, 0) is 4.74 Å². The molecule has 16 heavy (non-hydrogen) atoms. The van der Waals surface area contributed by atoms with Crippen LogP contribution in [0.25, 0.3) is 0 Å². The third-order valence-electron chi connectivity index (χ3n) is 2.39. The summed E-state index contributed by atoms with van der Waals surface area (Å²) in [5.41, 5.74) is 0. The summed E-state index contributed by atoms with van der Waals surface area (Å²) in [4.78, 5) is 7.37. The first-order chi connectivity index (χ1) is 7.69. The maximum atomic E-state index is 8.44. The maximum absolute atomic E-state index is 8.44. The van der Waals surface area contributed by atoms with Crippen molar-refractivity contribution >= 4 is 22.7 Å². The van der Waals surface area contributed by atoms with Crippen molar-refractivity contribution in [2.75, 3.05) is 18.0 Å². The molecule has 0 bridgehead atoms. The number of hydrogen-bond acceptors (Lipinski definition) is 6. The lowest BCUT2D eigenvalue weighted by atomic mass is 10.2. The standard InChI is InChI=1S/C10H15N3O2S/c1-7-5-13(6-8(2)15-7)10-11-3-9(16-10)4-12-14/h3-4,7-8,14H,5-6H2,1-2H3/b12-4+/t7-,8-/m1/s1. The Morgan fingerprint density at radius 3 is 2.88 bits per heavy atom. The van der Waals surface area contributed by atoms with E-state index in [1.165, 1.54) is 17.6 Å². The average molecular weight is 241 g/mol. The van der Waals surface area contributed by atoms with Crippen molar-refractivity contribution in [2.24, 2.45) is 5.16 Å². The number of morpholine rings is 1. The molecular formula is C10H15N3O2S. The van der Waals surface area contributed by atoms with Crippen LogP contribution in [0.3, 0.4) is 0 Å². The molecule has 6 heteroatoms. The van der Waals surface area contributed by atoms with E-state index in [2.05, 4.69) is 28.9 Å². The Labute approximate surface area is 98.4 Å². The van der Waals surface area contributed by atoms with Gasteiger partial charge in [0.25, 0.3) is 0 Å². The molecule has 88 valence electrons. The quantitative estimate of drug-likeness (QED) is 0.485. The number of ether oxygens (including phenoxy) is 1. The lowest BCUT2D eigenvalue weighted by Crippen LogP contribution is -2.45. The molecule has 1 aromatic heterocycles. The zero-order valence-corrected chi connectivity index (χ0v) is 10.1. The van der Waals surface area contributed by atoms with E-state index in [0.717, 1.165) is 23.1 Å². The van der Waals surface area contributed by atoms with Crippen LogP contribution >= 0.6 is 11.3 Å². The van der Waals surface area contributed by atoms with E-state index in [4.69, 9.17) is 9.94 Å². The van der Waals surface area contributed by atoms with E-state index < -0.39 is 0 Å². The van der Waals surface area contributed by atoms with E-state index in [1.54, 1.807) is 6.20 Å². The second-order valence-corrected chi connectivity index (χ2v) is 4.99. The Morgan fingerprint density at radius 1 is 1.56 bits per heavy atom. The summed E-state index contributed by atoms with van der Waals surface area (Å²) in [6.07, 6.45) is 3.56. The van der Waals surface area contributed by atoms with Crippen LogP contribution in [0.4, 0.5) is 5.13 Å². The molecule has 0 spiro atoms. The second-order valence-electron chi connectivity index (χ2n) is 3.95. The average Bonchev–Trinajstić information content (AvgIpc) is 2.65. The number of rotatable bonds is 2. The molecule has 2 rings (SSSR count). The fourth-order valence-electron chi connectivity index (χ4n) is 1.87. The summed E-state index contributed by atoms with van der Waals surface area (Å²) in [5.74, 6) is 0. The monoisotopic (exact) mass is 241 g/mol. The molecule has 2 heterocycles. The fraction of sp³-hybridized carbons (Fsp3) is 0.600. The molecule has 0 aliphatic carbocycles. The second kappa shape index (κ2) is 4.80. The van der Waals surface area contributed by atoms with Gasteiger partial charge in [-0.25, -0.2) is 4.98 Å². The predicted octanol–water partition coefficient (Wildman–Crippen LogP) is 1.56. The Morgan fingerprint density at radius 2 is 2.25 bits per heavy atom. The SMILES string of the molecule is C[C@@H]1CN(c2ncc(/C=N/O)s2)C[C@@H](C)O1. The van der Waals surface area contributed by atoms with Crippen LogP contribution in [0, 0.1) is 0 Å². The molecule has 0 saturated carbocycles. The van der Waals surface area contributed by atoms with Crippen molar-refractivity contribution in [3.8, 4) is 0 Å². The summed E-state index contributed by atoms with van der Waals surface area (Å²) in [7, 11) is 0. The van der Waals surface area contributed by atoms with E-state index in [9.17, 15) is 0 Å². The Balaban J connectivity index is 2.10. The largest absolute Gasteiger partial charge is 0.411 e. The van der Waals surface area contributed by atoms with Gasteiger partial charge in [-0.15, -0.1) is 0 Å². The van der Waals surface area contributed by atoms with Gasteiger partial charge < -0.3 is 14.8 Å². The van der Waals surface area contributed by atoms with Crippen LogP contribution < -0.4 is 4.90 Å². The van der Waals surface area contributed by atoms with E-state index >= 15 is 0 Å². The van der Waals surface area contributed by atoms with E-state index in [-0.39, 0.29) is 12.2 Å². The third-order valence-corrected chi connectivity index (χ3v) is 3.38. The first-order valence-corrected chi connectivity index (χ1v) is 6.04. The van der Waals surface area contributed by atoms with Gasteiger partial charge in [-0.05, 0) is 13.8 Å². The molecule has 1 aromatic rings. The summed E-state index contributed by atoms with van der Waals surface area (Å²) >= 11 is 1.52. The van der Waals surface area contributed by atoms with E-state index in [1.807, 2.05) is 0 Å². The lowest BCUT2D eigenvalue weighted by molar-refractivity contribution is -0.00522. The van der Waals surface area contributed by atoms with Crippen LogP contribution in [-0.4, -0.2) is 41.7 Å². The molecule has 0 unspecified atom stereocenters. The summed E-state index contributed by atoms with van der Waals surface area (Å²) < 4.78 is 5.66. The number of anilines is 1. The highest BCUT2D eigenvalue weighted by molar-refractivity contribution is 7.17. The van der Waals surface area contributed by atoms with Gasteiger partial charge in [-0.3, -0.25) is 0 Å². The smallest absolute Gasteiger partial charge is 0.186 e. The van der Waals surface area contributed by atoms with Gasteiger partial charge in [0.05, 0.1) is 23.3 Å².